The van der Waals surface area contributed by atoms with E-state index in [9.17, 15) is 10.1 Å². The predicted molar refractivity (Wildman–Crippen MR) is 132 cm³/mol. The van der Waals surface area contributed by atoms with Gasteiger partial charge in [-0.1, -0.05) is 60.7 Å². The Labute approximate surface area is 195 Å². The van der Waals surface area contributed by atoms with Crippen LogP contribution in [-0.4, -0.2) is 59.5 Å². The molecule has 1 aliphatic rings. The molecule has 0 saturated carbocycles. The number of likely N-dealkylation sites (N-methyl/N-ethyl adjacent to an activating group) is 1. The number of nitrogens with zero attached hydrogens (tertiary/aromatic N) is 4. The highest BCUT2D eigenvalue weighted by atomic mass is 16.6. The summed E-state index contributed by atoms with van der Waals surface area (Å²) in [5.41, 5.74) is 4.00. The molecule has 1 fully saturated rings. The maximum Gasteiger partial charge on any atom is 0.313 e. The quantitative estimate of drug-likeness (QED) is 0.434. The Hall–Kier alpha value is -3.29. The molecule has 2 heterocycles. The highest BCUT2D eigenvalue weighted by molar-refractivity contribution is 5.64. The fourth-order valence-corrected chi connectivity index (χ4v) is 5.01. The lowest BCUT2D eigenvalue weighted by atomic mass is 9.79. The normalized spacial score (nSPS) is 16.5. The Morgan fingerprint density at radius 3 is 2.21 bits per heavy atom. The van der Waals surface area contributed by atoms with Gasteiger partial charge < -0.3 is 10.2 Å². The summed E-state index contributed by atoms with van der Waals surface area (Å²) in [5, 5.41) is 15.0. The Bertz CT molecular complexity index is 1060. The monoisotopic (exact) mass is 445 g/mol. The largest absolute Gasteiger partial charge is 0.378 e. The molecule has 172 valence electrons. The van der Waals surface area contributed by atoms with Crippen molar-refractivity contribution in [1.29, 1.82) is 0 Å². The van der Waals surface area contributed by atoms with Crippen LogP contribution < -0.4 is 5.32 Å². The van der Waals surface area contributed by atoms with Crippen molar-refractivity contribution in [1.82, 2.24) is 14.8 Å². The molecule has 1 N–H and O–H groups in total. The van der Waals surface area contributed by atoms with Crippen molar-refractivity contribution in [2.45, 2.75) is 19.4 Å². The minimum absolute atomic E-state index is 0.0522. The molecule has 0 spiro atoms. The number of rotatable bonds is 7. The van der Waals surface area contributed by atoms with E-state index in [0.29, 0.717) is 17.9 Å². The molecular formula is C26H31N5O2. The molecular weight excluding hydrogens is 414 g/mol. The smallest absolute Gasteiger partial charge is 0.313 e. The van der Waals surface area contributed by atoms with Gasteiger partial charge in [0.25, 0.3) is 0 Å². The van der Waals surface area contributed by atoms with Gasteiger partial charge in [-0.3, -0.25) is 20.0 Å². The molecule has 0 amide bonds. The summed E-state index contributed by atoms with van der Waals surface area (Å²) >= 11 is 0. The van der Waals surface area contributed by atoms with Gasteiger partial charge in [-0.05, 0) is 38.1 Å². The minimum atomic E-state index is -0.349. The second kappa shape index (κ2) is 9.68. The van der Waals surface area contributed by atoms with Crippen LogP contribution in [0.15, 0.2) is 66.7 Å². The zero-order chi connectivity index (χ0) is 23.4. The molecule has 2 aromatic carbocycles. The van der Waals surface area contributed by atoms with Crippen LogP contribution in [-0.2, 0) is 5.54 Å². The molecule has 0 aliphatic carbocycles. The molecule has 1 aromatic heterocycles. The molecule has 1 aliphatic heterocycles. The average molecular weight is 446 g/mol. The van der Waals surface area contributed by atoms with Crippen LogP contribution in [0, 0.1) is 24.0 Å². The van der Waals surface area contributed by atoms with Crippen molar-refractivity contribution >= 4 is 11.4 Å². The second-order valence-electron chi connectivity index (χ2n) is 8.75. The van der Waals surface area contributed by atoms with E-state index in [1.165, 1.54) is 11.1 Å². The number of benzene rings is 2. The molecule has 1 saturated heterocycles. The fourth-order valence-electron chi connectivity index (χ4n) is 5.01. The number of piperazine rings is 1. The Morgan fingerprint density at radius 1 is 1.03 bits per heavy atom. The number of anilines is 1. The van der Waals surface area contributed by atoms with Gasteiger partial charge in [0.2, 0.25) is 0 Å². The highest BCUT2D eigenvalue weighted by Crippen LogP contribution is 2.39. The van der Waals surface area contributed by atoms with Gasteiger partial charge >= 0.3 is 5.69 Å². The summed E-state index contributed by atoms with van der Waals surface area (Å²) in [5.74, 6) is 0. The summed E-state index contributed by atoms with van der Waals surface area (Å²) in [6.45, 7) is 7.62. The van der Waals surface area contributed by atoms with Crippen LogP contribution in [0.5, 0.6) is 0 Å². The summed E-state index contributed by atoms with van der Waals surface area (Å²) in [6.07, 6.45) is 0. The Balaban J connectivity index is 1.66. The van der Waals surface area contributed by atoms with Crippen LogP contribution >= 0.6 is 0 Å². The first-order valence-electron chi connectivity index (χ1n) is 11.3. The number of nitro groups is 1. The number of pyridine rings is 1. The number of hydrogen-bond donors (Lipinski definition) is 1. The van der Waals surface area contributed by atoms with Gasteiger partial charge in [0.1, 0.15) is 11.4 Å². The summed E-state index contributed by atoms with van der Waals surface area (Å²) in [6, 6.07) is 23.0. The summed E-state index contributed by atoms with van der Waals surface area (Å²) < 4.78 is 0. The number of hydrogen-bond acceptors (Lipinski definition) is 6. The molecule has 0 unspecified atom stereocenters. The van der Waals surface area contributed by atoms with Crippen LogP contribution in [0.4, 0.5) is 11.4 Å². The Kier molecular flexibility index (Phi) is 6.72. The maximum atomic E-state index is 11.6. The van der Waals surface area contributed by atoms with E-state index in [1.807, 2.05) is 19.1 Å². The standard InChI is InChI=1S/C26H31N5O2/c1-20-18-24(25(31(32)33)21(2)28-20)27-14-15-30-17-16-29(3)19-26(30,22-10-6-4-7-11-22)23-12-8-5-9-13-23/h4-13,18H,14-17,19H2,1-3H3,(H,27,28). The van der Waals surface area contributed by atoms with Gasteiger partial charge in [0.05, 0.1) is 10.5 Å². The van der Waals surface area contributed by atoms with Crippen LogP contribution in [0.1, 0.15) is 22.5 Å². The number of nitrogens with one attached hydrogen (secondary N) is 1. The van der Waals surface area contributed by atoms with Crippen LogP contribution in [0.3, 0.4) is 0 Å². The first-order chi connectivity index (χ1) is 15.9. The van der Waals surface area contributed by atoms with Crippen molar-refractivity contribution in [3.8, 4) is 0 Å². The molecule has 7 nitrogen and oxygen atoms in total. The van der Waals surface area contributed by atoms with Gasteiger partial charge in [-0.2, -0.15) is 0 Å². The third kappa shape index (κ3) is 4.60. The summed E-state index contributed by atoms with van der Waals surface area (Å²) in [7, 11) is 2.17. The lowest BCUT2D eigenvalue weighted by Gasteiger charge is -2.51. The summed E-state index contributed by atoms with van der Waals surface area (Å²) in [4.78, 5) is 20.4. The zero-order valence-corrected chi connectivity index (χ0v) is 19.5. The fraction of sp³-hybridized carbons (Fsp3) is 0.346. The lowest BCUT2D eigenvalue weighted by Crippen LogP contribution is -2.60. The van der Waals surface area contributed by atoms with Crippen molar-refractivity contribution < 1.29 is 4.92 Å². The third-order valence-corrected chi connectivity index (χ3v) is 6.47. The zero-order valence-electron chi connectivity index (χ0n) is 19.5. The molecule has 0 bridgehead atoms. The third-order valence-electron chi connectivity index (χ3n) is 6.47. The van der Waals surface area contributed by atoms with E-state index in [4.69, 9.17) is 0 Å². The first kappa shape index (κ1) is 22.9. The van der Waals surface area contributed by atoms with E-state index in [1.54, 1.807) is 13.0 Å². The molecule has 0 radical (unpaired) electrons. The second-order valence-corrected chi connectivity index (χ2v) is 8.75. The lowest BCUT2D eigenvalue weighted by molar-refractivity contribution is -0.384. The van der Waals surface area contributed by atoms with E-state index < -0.39 is 0 Å². The van der Waals surface area contributed by atoms with Gasteiger partial charge in [-0.25, -0.2) is 0 Å². The van der Waals surface area contributed by atoms with Crippen molar-refractivity contribution in [3.05, 3.63) is 99.4 Å². The highest BCUT2D eigenvalue weighted by Gasteiger charge is 2.43. The maximum absolute atomic E-state index is 11.6. The number of aryl methyl sites for hydroxylation is 2. The molecule has 33 heavy (non-hydrogen) atoms. The predicted octanol–water partition coefficient (Wildman–Crippen LogP) is 4.21. The molecule has 4 rings (SSSR count). The first-order valence-corrected chi connectivity index (χ1v) is 11.3. The van der Waals surface area contributed by atoms with Crippen LogP contribution in [0.2, 0.25) is 0 Å². The average Bonchev–Trinajstić information content (AvgIpc) is 2.80. The van der Waals surface area contributed by atoms with Gasteiger partial charge in [0, 0.05) is 38.4 Å². The van der Waals surface area contributed by atoms with Gasteiger partial charge in [-0.15, -0.1) is 0 Å². The topological polar surface area (TPSA) is 74.5 Å². The minimum Gasteiger partial charge on any atom is -0.378 e. The van der Waals surface area contributed by atoms with Crippen LogP contribution in [0.25, 0.3) is 0 Å². The molecule has 7 heteroatoms. The SMILES string of the molecule is Cc1cc(NCCN2CCN(C)CC2(c2ccccc2)c2ccccc2)c([N+](=O)[O-])c(C)n1. The van der Waals surface area contributed by atoms with E-state index in [2.05, 4.69) is 75.7 Å². The Morgan fingerprint density at radius 2 is 1.64 bits per heavy atom. The van der Waals surface area contributed by atoms with Crippen molar-refractivity contribution in [2.75, 3.05) is 45.1 Å². The number of aromatic nitrogens is 1. The van der Waals surface area contributed by atoms with Crippen molar-refractivity contribution in [2.24, 2.45) is 0 Å². The van der Waals surface area contributed by atoms with E-state index >= 15 is 0 Å². The molecule has 3 aromatic rings. The van der Waals surface area contributed by atoms with Gasteiger partial charge in [0.15, 0.2) is 0 Å². The van der Waals surface area contributed by atoms with E-state index in [0.717, 1.165) is 31.9 Å². The molecule has 0 atom stereocenters. The van der Waals surface area contributed by atoms with Crippen molar-refractivity contribution in [3.63, 3.8) is 0 Å². The van der Waals surface area contributed by atoms with E-state index in [-0.39, 0.29) is 16.1 Å².